The maximum Gasteiger partial charge on any atom is 0.255 e. The molecule has 0 aromatic carbocycles. The molecule has 0 saturated carbocycles. The quantitative estimate of drug-likeness (QED) is 0.815. The maximum atomic E-state index is 12.8. The Bertz CT molecular complexity index is 743. The van der Waals surface area contributed by atoms with Gasteiger partial charge in [0.25, 0.3) is 5.91 Å². The number of amides is 3. The van der Waals surface area contributed by atoms with Crippen LogP contribution in [-0.4, -0.2) is 78.3 Å². The van der Waals surface area contributed by atoms with Gasteiger partial charge < -0.3 is 20.0 Å². The molecule has 0 atom stereocenters. The number of pyridine rings is 1. The first-order chi connectivity index (χ1) is 13.6. The van der Waals surface area contributed by atoms with Gasteiger partial charge in [-0.05, 0) is 37.3 Å². The Morgan fingerprint density at radius 2 is 1.96 bits per heavy atom. The molecule has 0 radical (unpaired) electrons. The molecule has 3 amide bonds. The number of aromatic nitrogens is 1. The highest BCUT2D eigenvalue weighted by Crippen LogP contribution is 2.23. The number of hydrogen-bond acceptors (Lipinski definition) is 5. The van der Waals surface area contributed by atoms with Gasteiger partial charge in [-0.3, -0.25) is 14.4 Å². The second-order valence-electron chi connectivity index (χ2n) is 7.86. The Morgan fingerprint density at radius 3 is 2.61 bits per heavy atom. The van der Waals surface area contributed by atoms with Crippen LogP contribution in [-0.2, 0) is 9.59 Å². The molecule has 8 heteroatoms. The van der Waals surface area contributed by atoms with Crippen LogP contribution in [0, 0.1) is 5.92 Å². The van der Waals surface area contributed by atoms with Crippen molar-refractivity contribution in [2.45, 2.75) is 25.7 Å². The number of likely N-dealkylation sites (tertiary alicyclic amines) is 2. The van der Waals surface area contributed by atoms with Crippen LogP contribution in [0.3, 0.4) is 0 Å². The molecule has 3 fully saturated rings. The van der Waals surface area contributed by atoms with E-state index in [9.17, 15) is 14.4 Å². The Labute approximate surface area is 164 Å². The summed E-state index contributed by atoms with van der Waals surface area (Å²) in [6.07, 6.45) is 5.14. The summed E-state index contributed by atoms with van der Waals surface area (Å²) < 4.78 is 0. The van der Waals surface area contributed by atoms with Crippen molar-refractivity contribution in [1.82, 2.24) is 20.1 Å². The van der Waals surface area contributed by atoms with Gasteiger partial charge in [-0.2, -0.15) is 0 Å². The monoisotopic (exact) mass is 385 g/mol. The number of anilines is 1. The molecule has 8 nitrogen and oxygen atoms in total. The first kappa shape index (κ1) is 18.7. The third-order valence-corrected chi connectivity index (χ3v) is 5.91. The van der Waals surface area contributed by atoms with Gasteiger partial charge in [0.05, 0.1) is 12.1 Å². The molecule has 0 aliphatic carbocycles. The number of hydrogen-bond donors (Lipinski definition) is 1. The molecule has 3 saturated heterocycles. The first-order valence-electron chi connectivity index (χ1n) is 10.1. The fourth-order valence-corrected chi connectivity index (χ4v) is 4.24. The van der Waals surface area contributed by atoms with E-state index in [4.69, 9.17) is 0 Å². The van der Waals surface area contributed by atoms with E-state index in [2.05, 4.69) is 10.3 Å². The summed E-state index contributed by atoms with van der Waals surface area (Å²) in [7, 11) is 0. The number of piperidine rings is 1. The fourth-order valence-electron chi connectivity index (χ4n) is 4.24. The third kappa shape index (κ3) is 4.10. The number of nitrogens with one attached hydrogen (secondary N) is 1. The van der Waals surface area contributed by atoms with Crippen LogP contribution in [0.15, 0.2) is 18.3 Å². The lowest BCUT2D eigenvalue weighted by atomic mass is 9.96. The van der Waals surface area contributed by atoms with Gasteiger partial charge in [0.1, 0.15) is 5.82 Å². The zero-order chi connectivity index (χ0) is 19.5. The Morgan fingerprint density at radius 1 is 1.14 bits per heavy atom. The SMILES string of the molecule is O=C1CN(c2ccc(C(=O)N3CCC(CN4CCCC4=O)CC3)cn2)CCN1. The van der Waals surface area contributed by atoms with Crippen molar-refractivity contribution in [2.24, 2.45) is 5.92 Å². The number of piperazine rings is 1. The van der Waals surface area contributed by atoms with E-state index >= 15 is 0 Å². The highest BCUT2D eigenvalue weighted by molar-refractivity contribution is 5.94. The summed E-state index contributed by atoms with van der Waals surface area (Å²) in [6, 6.07) is 3.61. The average Bonchev–Trinajstić information content (AvgIpc) is 3.13. The Balaban J connectivity index is 1.30. The lowest BCUT2D eigenvalue weighted by Crippen LogP contribution is -2.48. The second kappa shape index (κ2) is 8.16. The molecule has 0 unspecified atom stereocenters. The van der Waals surface area contributed by atoms with Crippen LogP contribution in [0.4, 0.5) is 5.82 Å². The highest BCUT2D eigenvalue weighted by Gasteiger charge is 2.28. The smallest absolute Gasteiger partial charge is 0.255 e. The Hall–Kier alpha value is -2.64. The predicted octanol–water partition coefficient (Wildman–Crippen LogP) is 0.492. The van der Waals surface area contributed by atoms with Gasteiger partial charge in [0, 0.05) is 51.9 Å². The van der Waals surface area contributed by atoms with Gasteiger partial charge >= 0.3 is 0 Å². The van der Waals surface area contributed by atoms with Crippen molar-refractivity contribution < 1.29 is 14.4 Å². The molecule has 150 valence electrons. The van der Waals surface area contributed by atoms with E-state index in [0.717, 1.165) is 57.8 Å². The molecule has 4 rings (SSSR count). The highest BCUT2D eigenvalue weighted by atomic mass is 16.2. The van der Waals surface area contributed by atoms with Gasteiger partial charge in [-0.1, -0.05) is 0 Å². The van der Waals surface area contributed by atoms with Crippen molar-refractivity contribution in [3.63, 3.8) is 0 Å². The van der Waals surface area contributed by atoms with Crippen molar-refractivity contribution >= 4 is 23.5 Å². The van der Waals surface area contributed by atoms with E-state index in [1.54, 1.807) is 12.3 Å². The summed E-state index contributed by atoms with van der Waals surface area (Å²) >= 11 is 0. The summed E-state index contributed by atoms with van der Waals surface area (Å²) in [5.74, 6) is 1.48. The lowest BCUT2D eigenvalue weighted by molar-refractivity contribution is -0.128. The molecule has 0 bridgehead atoms. The van der Waals surface area contributed by atoms with Gasteiger partial charge in [0.2, 0.25) is 11.8 Å². The minimum atomic E-state index is -0.00768. The molecule has 4 heterocycles. The normalized spacial score (nSPS) is 21.2. The van der Waals surface area contributed by atoms with Gasteiger partial charge in [0.15, 0.2) is 0 Å². The standard InChI is InChI=1S/C20H27N5O3/c26-18-14-24(11-7-21-18)17-4-3-16(12-22-17)20(28)23-9-5-15(6-10-23)13-25-8-1-2-19(25)27/h3-4,12,15H,1-2,5-11,13-14H2,(H,21,26). The minimum absolute atomic E-state index is 0.00568. The summed E-state index contributed by atoms with van der Waals surface area (Å²) in [6.45, 7) is 4.79. The fraction of sp³-hybridized carbons (Fsp3) is 0.600. The molecule has 1 aromatic heterocycles. The van der Waals surface area contributed by atoms with Crippen LogP contribution in [0.1, 0.15) is 36.0 Å². The number of carbonyl (C=O) groups is 3. The minimum Gasteiger partial charge on any atom is -0.353 e. The molecule has 1 N–H and O–H groups in total. The number of nitrogens with zero attached hydrogens (tertiary/aromatic N) is 4. The van der Waals surface area contributed by atoms with Crippen LogP contribution >= 0.6 is 0 Å². The van der Waals surface area contributed by atoms with E-state index in [1.807, 2.05) is 20.8 Å². The van der Waals surface area contributed by atoms with E-state index in [-0.39, 0.29) is 17.7 Å². The first-order valence-corrected chi connectivity index (χ1v) is 10.1. The second-order valence-corrected chi connectivity index (χ2v) is 7.86. The number of rotatable bonds is 4. The molecular formula is C20H27N5O3. The van der Waals surface area contributed by atoms with Crippen LogP contribution in [0.25, 0.3) is 0 Å². The number of carbonyl (C=O) groups excluding carboxylic acids is 3. The van der Waals surface area contributed by atoms with Gasteiger partial charge in [-0.25, -0.2) is 4.98 Å². The molecule has 1 aromatic rings. The van der Waals surface area contributed by atoms with E-state index in [1.165, 1.54) is 0 Å². The Kier molecular flexibility index (Phi) is 5.45. The molecule has 0 spiro atoms. The summed E-state index contributed by atoms with van der Waals surface area (Å²) in [5.41, 5.74) is 0.582. The molecule has 3 aliphatic heterocycles. The van der Waals surface area contributed by atoms with Crippen molar-refractivity contribution in [2.75, 3.05) is 50.7 Å². The largest absolute Gasteiger partial charge is 0.353 e. The van der Waals surface area contributed by atoms with Gasteiger partial charge in [-0.15, -0.1) is 0 Å². The predicted molar refractivity (Wildman–Crippen MR) is 104 cm³/mol. The molecule has 28 heavy (non-hydrogen) atoms. The van der Waals surface area contributed by atoms with Crippen molar-refractivity contribution in [3.05, 3.63) is 23.9 Å². The lowest BCUT2D eigenvalue weighted by Gasteiger charge is -2.34. The summed E-state index contributed by atoms with van der Waals surface area (Å²) in [5, 5.41) is 2.79. The zero-order valence-corrected chi connectivity index (χ0v) is 16.1. The third-order valence-electron chi connectivity index (χ3n) is 5.91. The van der Waals surface area contributed by atoms with Crippen LogP contribution in [0.2, 0.25) is 0 Å². The van der Waals surface area contributed by atoms with Crippen molar-refractivity contribution in [3.8, 4) is 0 Å². The topological polar surface area (TPSA) is 85.9 Å². The van der Waals surface area contributed by atoms with Crippen LogP contribution in [0.5, 0.6) is 0 Å². The summed E-state index contributed by atoms with van der Waals surface area (Å²) in [4.78, 5) is 46.3. The average molecular weight is 385 g/mol. The zero-order valence-electron chi connectivity index (χ0n) is 16.1. The molecular weight excluding hydrogens is 358 g/mol. The molecule has 3 aliphatic rings. The van der Waals surface area contributed by atoms with Crippen molar-refractivity contribution in [1.29, 1.82) is 0 Å². The van der Waals surface area contributed by atoms with Crippen LogP contribution < -0.4 is 10.2 Å². The van der Waals surface area contributed by atoms with E-state index in [0.29, 0.717) is 31.0 Å². The maximum absolute atomic E-state index is 12.8. The van der Waals surface area contributed by atoms with E-state index < -0.39 is 0 Å².